The van der Waals surface area contributed by atoms with Crippen molar-refractivity contribution in [1.29, 1.82) is 0 Å². The van der Waals surface area contributed by atoms with E-state index in [4.69, 9.17) is 9.16 Å². The van der Waals surface area contributed by atoms with E-state index in [1.165, 1.54) is 12.3 Å². The second kappa shape index (κ2) is 6.65. The first-order valence-electron chi connectivity index (χ1n) is 6.27. The standard InChI is InChI=1S/C14H19F2NO2Si/c1-6-18-13-8-7-12(15)14(16)11(13)9-17-10(2)19-20(3,4)5/h7-9H,2,6H2,1,3-5H3/b17-9+. The van der Waals surface area contributed by atoms with Crippen LogP contribution in [0.3, 0.4) is 0 Å². The molecule has 0 bridgehead atoms. The van der Waals surface area contributed by atoms with Crippen LogP contribution in [-0.4, -0.2) is 21.1 Å². The second-order valence-corrected chi connectivity index (χ2v) is 9.50. The Morgan fingerprint density at radius 1 is 1.35 bits per heavy atom. The fourth-order valence-electron chi connectivity index (χ4n) is 1.47. The summed E-state index contributed by atoms with van der Waals surface area (Å²) < 4.78 is 37.8. The molecule has 3 nitrogen and oxygen atoms in total. The third-order valence-corrected chi connectivity index (χ3v) is 3.00. The Hall–Kier alpha value is -1.69. The average molecular weight is 299 g/mol. The quantitative estimate of drug-likeness (QED) is 0.450. The molecule has 1 rings (SSSR count). The summed E-state index contributed by atoms with van der Waals surface area (Å²) >= 11 is 0. The molecule has 0 saturated heterocycles. The van der Waals surface area contributed by atoms with Gasteiger partial charge in [0.2, 0.25) is 8.32 Å². The molecule has 0 N–H and O–H groups in total. The minimum Gasteiger partial charge on any atom is -0.532 e. The molecule has 0 heterocycles. The monoisotopic (exact) mass is 299 g/mol. The lowest BCUT2D eigenvalue weighted by Crippen LogP contribution is -2.24. The van der Waals surface area contributed by atoms with Gasteiger partial charge in [-0.05, 0) is 45.3 Å². The van der Waals surface area contributed by atoms with Gasteiger partial charge in [0.25, 0.3) is 0 Å². The number of benzene rings is 1. The molecule has 0 unspecified atom stereocenters. The summed E-state index contributed by atoms with van der Waals surface area (Å²) in [6.45, 7) is 11.7. The highest BCUT2D eigenvalue weighted by molar-refractivity contribution is 6.70. The van der Waals surface area contributed by atoms with Gasteiger partial charge in [-0.25, -0.2) is 13.8 Å². The Morgan fingerprint density at radius 2 is 2.00 bits per heavy atom. The summed E-state index contributed by atoms with van der Waals surface area (Å²) in [6.07, 6.45) is 1.17. The van der Waals surface area contributed by atoms with Crippen molar-refractivity contribution >= 4 is 14.5 Å². The van der Waals surface area contributed by atoms with Crippen LogP contribution in [0.2, 0.25) is 19.6 Å². The van der Waals surface area contributed by atoms with Crippen LogP contribution in [0.4, 0.5) is 8.78 Å². The van der Waals surface area contributed by atoms with Gasteiger partial charge in [0.1, 0.15) is 5.75 Å². The fourth-order valence-corrected chi connectivity index (χ4v) is 2.23. The molecule has 110 valence electrons. The lowest BCUT2D eigenvalue weighted by atomic mass is 10.2. The van der Waals surface area contributed by atoms with Crippen LogP contribution in [-0.2, 0) is 4.43 Å². The van der Waals surface area contributed by atoms with Crippen LogP contribution in [0.15, 0.2) is 29.6 Å². The molecule has 0 fully saturated rings. The highest BCUT2D eigenvalue weighted by Gasteiger charge is 2.17. The number of halogens is 2. The van der Waals surface area contributed by atoms with Crippen LogP contribution in [0.25, 0.3) is 0 Å². The molecule has 0 amide bonds. The Balaban J connectivity index is 3.01. The van der Waals surface area contributed by atoms with Gasteiger partial charge in [-0.15, -0.1) is 0 Å². The third-order valence-electron chi connectivity index (χ3n) is 2.15. The summed E-state index contributed by atoms with van der Waals surface area (Å²) in [5, 5.41) is 0. The number of rotatable bonds is 6. The van der Waals surface area contributed by atoms with Gasteiger partial charge in [0.05, 0.1) is 12.2 Å². The Kier molecular flexibility index (Phi) is 5.44. The van der Waals surface area contributed by atoms with Crippen LogP contribution in [0.1, 0.15) is 12.5 Å². The van der Waals surface area contributed by atoms with E-state index >= 15 is 0 Å². The highest BCUT2D eigenvalue weighted by Crippen LogP contribution is 2.22. The molecule has 0 aromatic heterocycles. The first-order valence-corrected chi connectivity index (χ1v) is 9.68. The summed E-state index contributed by atoms with van der Waals surface area (Å²) in [6, 6.07) is 2.39. The van der Waals surface area contributed by atoms with Gasteiger partial charge >= 0.3 is 0 Å². The topological polar surface area (TPSA) is 30.8 Å². The highest BCUT2D eigenvalue weighted by atomic mass is 28.4. The lowest BCUT2D eigenvalue weighted by Gasteiger charge is -2.18. The number of hydrogen-bond acceptors (Lipinski definition) is 3. The maximum absolute atomic E-state index is 13.8. The SMILES string of the molecule is C=C(/N=C/c1c(OCC)ccc(F)c1F)O[Si](C)(C)C. The van der Waals surface area contributed by atoms with Gasteiger partial charge in [-0.2, -0.15) is 0 Å². The number of ether oxygens (including phenoxy) is 1. The number of aliphatic imine (C=N–C) groups is 1. The minimum absolute atomic E-state index is 0.0489. The smallest absolute Gasteiger partial charge is 0.244 e. The molecular formula is C14H19F2NO2Si. The number of hydrogen-bond donors (Lipinski definition) is 0. The number of nitrogens with zero attached hydrogens (tertiary/aromatic N) is 1. The Labute approximate surface area is 119 Å². The van der Waals surface area contributed by atoms with E-state index in [0.717, 1.165) is 6.07 Å². The van der Waals surface area contributed by atoms with Gasteiger partial charge in [-0.3, -0.25) is 0 Å². The molecule has 0 saturated carbocycles. The third kappa shape index (κ3) is 4.77. The molecule has 0 spiro atoms. The van der Waals surface area contributed by atoms with E-state index in [-0.39, 0.29) is 17.2 Å². The molecule has 1 aromatic carbocycles. The van der Waals surface area contributed by atoms with Gasteiger partial charge in [0.15, 0.2) is 17.5 Å². The molecule has 20 heavy (non-hydrogen) atoms. The van der Waals surface area contributed by atoms with Crippen LogP contribution >= 0.6 is 0 Å². The molecule has 0 aliphatic carbocycles. The van der Waals surface area contributed by atoms with E-state index in [2.05, 4.69) is 11.6 Å². The van der Waals surface area contributed by atoms with Crippen molar-refractivity contribution in [2.45, 2.75) is 26.6 Å². The van der Waals surface area contributed by atoms with E-state index in [1.807, 2.05) is 19.6 Å². The average Bonchev–Trinajstić information content (AvgIpc) is 2.31. The molecule has 0 atom stereocenters. The van der Waals surface area contributed by atoms with E-state index in [1.54, 1.807) is 6.92 Å². The van der Waals surface area contributed by atoms with Gasteiger partial charge in [-0.1, -0.05) is 0 Å². The second-order valence-electron chi connectivity index (χ2n) is 5.07. The van der Waals surface area contributed by atoms with Crippen molar-refractivity contribution in [3.63, 3.8) is 0 Å². The van der Waals surface area contributed by atoms with E-state index in [9.17, 15) is 8.78 Å². The molecule has 0 aliphatic heterocycles. The molecule has 0 aliphatic rings. The van der Waals surface area contributed by atoms with Crippen LogP contribution in [0, 0.1) is 11.6 Å². The summed E-state index contributed by atoms with van der Waals surface area (Å²) in [5.41, 5.74) is -0.0489. The molecule has 0 radical (unpaired) electrons. The summed E-state index contributed by atoms with van der Waals surface area (Å²) in [4.78, 5) is 3.93. The predicted molar refractivity (Wildman–Crippen MR) is 78.7 cm³/mol. The van der Waals surface area contributed by atoms with Crippen molar-refractivity contribution in [1.82, 2.24) is 0 Å². The Bertz CT molecular complexity index is 525. The maximum atomic E-state index is 13.8. The molecule has 6 heteroatoms. The van der Waals surface area contributed by atoms with Gasteiger partial charge < -0.3 is 9.16 Å². The van der Waals surface area contributed by atoms with Crippen LogP contribution < -0.4 is 4.74 Å². The van der Waals surface area contributed by atoms with Crippen molar-refractivity contribution in [3.8, 4) is 5.75 Å². The van der Waals surface area contributed by atoms with Crippen LogP contribution in [0.5, 0.6) is 5.75 Å². The van der Waals surface area contributed by atoms with Gasteiger partial charge in [0, 0.05) is 6.21 Å². The first kappa shape index (κ1) is 16.4. The van der Waals surface area contributed by atoms with Crippen molar-refractivity contribution in [3.05, 3.63) is 41.8 Å². The largest absolute Gasteiger partial charge is 0.532 e. The lowest BCUT2D eigenvalue weighted by molar-refractivity contribution is 0.335. The zero-order chi connectivity index (χ0) is 15.3. The Morgan fingerprint density at radius 3 is 2.55 bits per heavy atom. The zero-order valence-electron chi connectivity index (χ0n) is 12.2. The first-order chi connectivity index (χ1) is 9.24. The predicted octanol–water partition coefficient (Wildman–Crippen LogP) is 4.11. The minimum atomic E-state index is -1.82. The van der Waals surface area contributed by atoms with E-state index < -0.39 is 20.0 Å². The summed E-state index contributed by atoms with van der Waals surface area (Å²) in [7, 11) is -1.82. The van der Waals surface area contributed by atoms with Crippen molar-refractivity contribution < 1.29 is 17.9 Å². The molecule has 1 aromatic rings. The van der Waals surface area contributed by atoms with Crippen molar-refractivity contribution in [2.75, 3.05) is 6.61 Å². The van der Waals surface area contributed by atoms with E-state index in [0.29, 0.717) is 6.61 Å². The normalized spacial score (nSPS) is 11.7. The summed E-state index contributed by atoms with van der Waals surface area (Å²) in [5.74, 6) is -1.54. The zero-order valence-corrected chi connectivity index (χ0v) is 13.2. The molecular weight excluding hydrogens is 280 g/mol. The maximum Gasteiger partial charge on any atom is 0.244 e. The fraction of sp³-hybridized carbons (Fsp3) is 0.357. The van der Waals surface area contributed by atoms with Crippen molar-refractivity contribution in [2.24, 2.45) is 4.99 Å².